The quantitative estimate of drug-likeness (QED) is 0.123. The van der Waals surface area contributed by atoms with Gasteiger partial charge in [0.15, 0.2) is 0 Å². The second-order valence-corrected chi connectivity index (χ2v) is 16.3. The van der Waals surface area contributed by atoms with Crippen molar-refractivity contribution < 1.29 is 4.74 Å². The molecule has 0 amide bonds. The molecular weight excluding hydrogens is 452 g/mol. The average molecular weight is 507 g/mol. The summed E-state index contributed by atoms with van der Waals surface area (Å²) in [5, 5.41) is 1.65. The number of unbranched alkanes of at least 4 members (excludes halogenated alkanes) is 4. The first-order valence-electron chi connectivity index (χ1n) is 15.4. The minimum atomic E-state index is -1.89. The van der Waals surface area contributed by atoms with E-state index in [1.165, 1.54) is 87.6 Å². The second kappa shape index (κ2) is 14.4. The molecule has 0 heterocycles. The third-order valence-electron chi connectivity index (χ3n) is 9.34. The van der Waals surface area contributed by atoms with Crippen LogP contribution in [-0.2, 0) is 12.8 Å². The smallest absolute Gasteiger partial charge is 0.122 e. The molecule has 200 valence electrons. The van der Waals surface area contributed by atoms with E-state index >= 15 is 0 Å². The third kappa shape index (κ3) is 6.29. The van der Waals surface area contributed by atoms with E-state index in [0.717, 1.165) is 23.8 Å². The van der Waals surface area contributed by atoms with Crippen molar-refractivity contribution in [2.75, 3.05) is 6.61 Å². The Bertz CT molecular complexity index is 891. The molecular formula is C34H54OSi. The highest BCUT2D eigenvalue weighted by molar-refractivity contribution is 6.94. The molecule has 0 radical (unpaired) electrons. The monoisotopic (exact) mass is 506 g/mol. The van der Waals surface area contributed by atoms with Crippen LogP contribution in [0.25, 0.3) is 0 Å². The van der Waals surface area contributed by atoms with Gasteiger partial charge in [0.2, 0.25) is 0 Å². The van der Waals surface area contributed by atoms with E-state index in [0.29, 0.717) is 6.61 Å². The largest absolute Gasteiger partial charge is 0.489 e. The summed E-state index contributed by atoms with van der Waals surface area (Å²) in [7, 11) is -1.89. The van der Waals surface area contributed by atoms with Gasteiger partial charge in [0, 0.05) is 0 Å². The van der Waals surface area contributed by atoms with Crippen molar-refractivity contribution in [3.8, 4) is 5.75 Å². The van der Waals surface area contributed by atoms with E-state index in [1.54, 1.807) is 16.3 Å². The molecule has 1 fully saturated rings. The Morgan fingerprint density at radius 1 is 0.972 bits per heavy atom. The highest BCUT2D eigenvalue weighted by Gasteiger charge is 2.51. The third-order valence-corrected chi connectivity index (χ3v) is 15.3. The summed E-state index contributed by atoms with van der Waals surface area (Å²) in [5.74, 6) is 2.84. The Morgan fingerprint density at radius 2 is 1.69 bits per heavy atom. The van der Waals surface area contributed by atoms with Crippen LogP contribution in [-0.4, -0.2) is 14.7 Å². The lowest BCUT2D eigenvalue weighted by molar-refractivity contribution is 0.361. The number of benzene rings is 1. The van der Waals surface area contributed by atoms with Gasteiger partial charge < -0.3 is 4.74 Å². The lowest BCUT2D eigenvalue weighted by Gasteiger charge is -2.42. The Morgan fingerprint density at radius 3 is 2.33 bits per heavy atom. The zero-order valence-corrected chi connectivity index (χ0v) is 25.2. The van der Waals surface area contributed by atoms with E-state index in [9.17, 15) is 0 Å². The predicted octanol–water partition coefficient (Wildman–Crippen LogP) is 9.71. The summed E-state index contributed by atoms with van der Waals surface area (Å²) in [6.07, 6.45) is 23.2. The first-order chi connectivity index (χ1) is 17.6. The number of ether oxygens (including phenoxy) is 1. The van der Waals surface area contributed by atoms with Crippen LogP contribution in [0, 0.1) is 11.8 Å². The van der Waals surface area contributed by atoms with Crippen molar-refractivity contribution in [3.05, 3.63) is 59.7 Å². The van der Waals surface area contributed by atoms with Crippen molar-refractivity contribution in [1.82, 2.24) is 0 Å². The summed E-state index contributed by atoms with van der Waals surface area (Å²) >= 11 is 0. The molecule has 0 N–H and O–H groups in total. The summed E-state index contributed by atoms with van der Waals surface area (Å²) in [5.41, 5.74) is 5.58. The Hall–Kier alpha value is -1.54. The van der Waals surface area contributed by atoms with Gasteiger partial charge in [-0.1, -0.05) is 127 Å². The molecule has 1 aromatic rings. The van der Waals surface area contributed by atoms with Gasteiger partial charge in [-0.25, -0.2) is 0 Å². The Kier molecular flexibility index (Phi) is 11.6. The molecule has 3 atom stereocenters. The minimum Gasteiger partial charge on any atom is -0.489 e. The van der Waals surface area contributed by atoms with Crippen molar-refractivity contribution in [3.63, 3.8) is 0 Å². The van der Waals surface area contributed by atoms with E-state index in [4.69, 9.17) is 4.74 Å². The van der Waals surface area contributed by atoms with Gasteiger partial charge in [0.05, 0.1) is 8.07 Å². The lowest BCUT2D eigenvalue weighted by Crippen LogP contribution is -2.53. The summed E-state index contributed by atoms with van der Waals surface area (Å²) in [6.45, 7) is 16.7. The van der Waals surface area contributed by atoms with Gasteiger partial charge in [-0.2, -0.15) is 0 Å². The number of rotatable bonds is 16. The Labute approximate surface area is 224 Å². The van der Waals surface area contributed by atoms with E-state index in [1.807, 2.05) is 6.08 Å². The zero-order chi connectivity index (χ0) is 26.0. The summed E-state index contributed by atoms with van der Waals surface area (Å²) < 4.78 is 6.69. The van der Waals surface area contributed by atoms with Crippen molar-refractivity contribution in [1.29, 1.82) is 0 Å². The average Bonchev–Trinajstić information content (AvgIpc) is 3.29. The lowest BCUT2D eigenvalue weighted by atomic mass is 9.94. The van der Waals surface area contributed by atoms with E-state index in [-0.39, 0.29) is 0 Å². The number of aryl methyl sites for hydroxylation is 2. The zero-order valence-electron chi connectivity index (χ0n) is 24.2. The SMILES string of the molecule is C=CCOc1c(CCCCC)cc(CCCCC)cc1[Si](CC)(CC)C1C2=CC=CCC2CC1CC. The fraction of sp³-hybridized carbons (Fsp3) is 0.647. The number of hydrogen-bond acceptors (Lipinski definition) is 1. The summed E-state index contributed by atoms with van der Waals surface area (Å²) in [4.78, 5) is 0. The maximum atomic E-state index is 6.69. The molecule has 0 aromatic heterocycles. The molecule has 0 spiro atoms. The molecule has 0 bridgehead atoms. The first-order valence-corrected chi connectivity index (χ1v) is 17.9. The van der Waals surface area contributed by atoms with Gasteiger partial charge in [0.1, 0.15) is 12.4 Å². The normalized spacial score (nSPS) is 21.4. The van der Waals surface area contributed by atoms with Crippen LogP contribution in [0.1, 0.15) is 104 Å². The van der Waals surface area contributed by atoms with Crippen LogP contribution in [0.15, 0.2) is 48.6 Å². The predicted molar refractivity (Wildman–Crippen MR) is 162 cm³/mol. The standard InChI is InChI=1S/C34H54OSi/c1-7-13-15-19-27-24-30(21-16-14-8-2)33(35-23-9-3)32(25-27)36(11-5,12-6)34-28(10-4)26-29-20-17-18-22-31(29)34/h9,17-18,22,24-25,28-29,34H,3,7-8,10-16,19-21,23,26H2,1-2,4-6H3. The maximum Gasteiger partial charge on any atom is 0.122 e. The topological polar surface area (TPSA) is 9.23 Å². The number of fused-ring (bicyclic) bond motifs is 1. The van der Waals surface area contributed by atoms with Gasteiger partial charge in [-0.3, -0.25) is 0 Å². The molecule has 2 heteroatoms. The van der Waals surface area contributed by atoms with Crippen LogP contribution in [0.4, 0.5) is 0 Å². The van der Waals surface area contributed by atoms with Gasteiger partial charge in [0.25, 0.3) is 0 Å². The van der Waals surface area contributed by atoms with Gasteiger partial charge in [-0.05, 0) is 72.2 Å². The van der Waals surface area contributed by atoms with Crippen LogP contribution in [0.3, 0.4) is 0 Å². The molecule has 2 aliphatic carbocycles. The van der Waals surface area contributed by atoms with Crippen LogP contribution in [0.5, 0.6) is 5.75 Å². The molecule has 1 nitrogen and oxygen atoms in total. The molecule has 3 rings (SSSR count). The molecule has 0 saturated heterocycles. The molecule has 3 unspecified atom stereocenters. The fourth-order valence-electron chi connectivity index (χ4n) is 7.38. The van der Waals surface area contributed by atoms with Crippen molar-refractivity contribution >= 4 is 13.3 Å². The Balaban J connectivity index is 2.20. The van der Waals surface area contributed by atoms with Crippen LogP contribution < -0.4 is 9.92 Å². The highest BCUT2D eigenvalue weighted by atomic mass is 28.3. The van der Waals surface area contributed by atoms with Crippen LogP contribution >= 0.6 is 0 Å². The first kappa shape index (κ1) is 29.0. The number of allylic oxidation sites excluding steroid dienone is 4. The molecule has 2 aliphatic rings. The number of hydrogen-bond donors (Lipinski definition) is 0. The maximum absolute atomic E-state index is 6.69. The second-order valence-electron chi connectivity index (χ2n) is 11.4. The van der Waals surface area contributed by atoms with E-state index < -0.39 is 8.07 Å². The molecule has 0 aliphatic heterocycles. The highest BCUT2D eigenvalue weighted by Crippen LogP contribution is 2.56. The minimum absolute atomic E-state index is 0.608. The summed E-state index contributed by atoms with van der Waals surface area (Å²) in [6, 6.07) is 7.77. The van der Waals surface area contributed by atoms with Crippen molar-refractivity contribution in [2.45, 2.75) is 123 Å². The van der Waals surface area contributed by atoms with Gasteiger partial charge in [-0.15, -0.1) is 0 Å². The molecule has 1 saturated carbocycles. The van der Waals surface area contributed by atoms with Crippen LogP contribution in [0.2, 0.25) is 17.6 Å². The molecule has 36 heavy (non-hydrogen) atoms. The van der Waals surface area contributed by atoms with Crippen molar-refractivity contribution in [2.24, 2.45) is 11.8 Å². The fourth-order valence-corrected chi connectivity index (χ4v) is 13.3. The van der Waals surface area contributed by atoms with E-state index in [2.05, 4.69) is 71.6 Å². The van der Waals surface area contributed by atoms with Gasteiger partial charge >= 0.3 is 0 Å². The molecule has 1 aromatic carbocycles.